The van der Waals surface area contributed by atoms with Gasteiger partial charge in [0.2, 0.25) is 10.0 Å². The van der Waals surface area contributed by atoms with E-state index in [9.17, 15) is 12.8 Å². The van der Waals surface area contributed by atoms with E-state index in [2.05, 4.69) is 15.4 Å². The maximum absolute atomic E-state index is 14.3. The zero-order chi connectivity index (χ0) is 23.7. The van der Waals surface area contributed by atoms with Crippen LogP contribution in [-0.4, -0.2) is 53.2 Å². The highest BCUT2D eigenvalue weighted by Gasteiger charge is 2.33. The Morgan fingerprint density at radius 1 is 1.18 bits per heavy atom. The van der Waals surface area contributed by atoms with Crippen molar-refractivity contribution in [1.82, 2.24) is 23.9 Å². The predicted molar refractivity (Wildman–Crippen MR) is 127 cm³/mol. The monoisotopic (exact) mass is 476 g/mol. The van der Waals surface area contributed by atoms with E-state index in [1.165, 1.54) is 28.7 Å². The second kappa shape index (κ2) is 9.15. The van der Waals surface area contributed by atoms with Gasteiger partial charge in [0.15, 0.2) is 5.65 Å². The fourth-order valence-corrected chi connectivity index (χ4v) is 5.81. The minimum Gasteiger partial charge on any atom is -0.366 e. The van der Waals surface area contributed by atoms with E-state index in [1.54, 1.807) is 16.9 Å². The van der Waals surface area contributed by atoms with Crippen molar-refractivity contribution in [1.29, 1.82) is 0 Å². The first-order valence-corrected chi connectivity index (χ1v) is 12.4. The van der Waals surface area contributed by atoms with Crippen LogP contribution in [0.4, 0.5) is 10.2 Å². The average Bonchev–Trinajstić information content (AvgIpc) is 3.24. The van der Waals surface area contributed by atoms with Gasteiger partial charge < -0.3 is 5.32 Å². The number of pyridine rings is 1. The van der Waals surface area contributed by atoms with Crippen LogP contribution in [0.3, 0.4) is 0 Å². The summed E-state index contributed by atoms with van der Waals surface area (Å²) in [5.41, 5.74) is 2.63. The highest BCUT2D eigenvalue weighted by atomic mass is 32.2. The number of benzene rings is 1. The largest absolute Gasteiger partial charge is 0.366 e. The fraction of sp³-hybridized carbons (Fsp3) is 0.261. The van der Waals surface area contributed by atoms with Gasteiger partial charge in [0.05, 0.1) is 5.69 Å². The lowest BCUT2D eigenvalue weighted by Gasteiger charge is -2.32. The van der Waals surface area contributed by atoms with Gasteiger partial charge in [0, 0.05) is 50.2 Å². The highest BCUT2D eigenvalue weighted by molar-refractivity contribution is 7.89. The summed E-state index contributed by atoms with van der Waals surface area (Å²) in [6.45, 7) is 1.05. The SMILES string of the molecule is [B]c1cnn2c(NCc3cccnc3)cc(C3CCCN(S(=O)(=O)c4ccccc4F)C3)nc12. The van der Waals surface area contributed by atoms with Crippen LogP contribution in [0, 0.1) is 5.82 Å². The smallest absolute Gasteiger partial charge is 0.246 e. The molecule has 8 nitrogen and oxygen atoms in total. The zero-order valence-electron chi connectivity index (χ0n) is 18.3. The third-order valence-corrected chi connectivity index (χ3v) is 7.87. The topological polar surface area (TPSA) is 92.5 Å². The number of hydrogen-bond acceptors (Lipinski definition) is 6. The van der Waals surface area contributed by atoms with Crippen LogP contribution in [0.5, 0.6) is 0 Å². The number of fused-ring (bicyclic) bond motifs is 1. The van der Waals surface area contributed by atoms with Crippen molar-refractivity contribution in [3.8, 4) is 0 Å². The summed E-state index contributed by atoms with van der Waals surface area (Å²) < 4.78 is 43.5. The van der Waals surface area contributed by atoms with Crippen LogP contribution in [0.1, 0.15) is 30.0 Å². The van der Waals surface area contributed by atoms with Gasteiger partial charge in [-0.25, -0.2) is 17.8 Å². The minimum atomic E-state index is -3.96. The van der Waals surface area contributed by atoms with Gasteiger partial charge in [0.25, 0.3) is 0 Å². The van der Waals surface area contributed by atoms with Crippen molar-refractivity contribution in [3.63, 3.8) is 0 Å². The molecule has 1 atom stereocenters. The second-order valence-corrected chi connectivity index (χ2v) is 10.2. The van der Waals surface area contributed by atoms with E-state index in [4.69, 9.17) is 12.8 Å². The number of nitrogens with zero attached hydrogens (tertiary/aromatic N) is 5. The van der Waals surface area contributed by atoms with Crippen LogP contribution in [-0.2, 0) is 16.6 Å². The van der Waals surface area contributed by atoms with Gasteiger partial charge in [-0.1, -0.05) is 18.2 Å². The molecule has 1 unspecified atom stereocenters. The summed E-state index contributed by atoms with van der Waals surface area (Å²) in [6, 6.07) is 11.2. The summed E-state index contributed by atoms with van der Waals surface area (Å²) in [7, 11) is 2.14. The molecule has 2 radical (unpaired) electrons. The molecule has 4 heterocycles. The Hall–Kier alpha value is -3.31. The average molecular weight is 476 g/mol. The van der Waals surface area contributed by atoms with E-state index < -0.39 is 15.8 Å². The molecule has 0 amide bonds. The maximum atomic E-state index is 14.3. The lowest BCUT2D eigenvalue weighted by molar-refractivity contribution is 0.311. The number of nitrogens with one attached hydrogen (secondary N) is 1. The number of sulfonamides is 1. The molecule has 1 fully saturated rings. The van der Waals surface area contributed by atoms with Crippen molar-refractivity contribution in [2.45, 2.75) is 30.2 Å². The van der Waals surface area contributed by atoms with Gasteiger partial charge in [0.1, 0.15) is 24.4 Å². The number of halogens is 1. The first-order valence-electron chi connectivity index (χ1n) is 10.9. The van der Waals surface area contributed by atoms with E-state index in [-0.39, 0.29) is 17.4 Å². The highest BCUT2D eigenvalue weighted by Crippen LogP contribution is 2.31. The molecule has 5 rings (SSSR count). The summed E-state index contributed by atoms with van der Waals surface area (Å²) in [5, 5.41) is 7.68. The van der Waals surface area contributed by atoms with Crippen molar-refractivity contribution in [3.05, 3.63) is 78.1 Å². The molecule has 4 aromatic rings. The van der Waals surface area contributed by atoms with Gasteiger partial charge in [-0.3, -0.25) is 4.98 Å². The van der Waals surface area contributed by atoms with Crippen molar-refractivity contribution in [2.24, 2.45) is 0 Å². The molecule has 1 N–H and O–H groups in total. The Bertz CT molecular complexity index is 1430. The molecule has 1 aliphatic rings. The molecule has 1 saturated heterocycles. The molecule has 172 valence electrons. The Kier molecular flexibility index (Phi) is 6.05. The van der Waals surface area contributed by atoms with E-state index in [1.807, 2.05) is 18.2 Å². The van der Waals surface area contributed by atoms with Crippen LogP contribution >= 0.6 is 0 Å². The molecule has 3 aromatic heterocycles. The van der Waals surface area contributed by atoms with Crippen molar-refractivity contribution >= 4 is 34.8 Å². The normalized spacial score (nSPS) is 17.1. The molecule has 0 saturated carbocycles. The Morgan fingerprint density at radius 3 is 2.82 bits per heavy atom. The first-order chi connectivity index (χ1) is 16.4. The third kappa shape index (κ3) is 4.28. The number of piperidine rings is 1. The molecule has 1 aromatic carbocycles. The first kappa shape index (κ1) is 22.5. The summed E-state index contributed by atoms with van der Waals surface area (Å²) >= 11 is 0. The molecule has 11 heteroatoms. The van der Waals surface area contributed by atoms with Crippen LogP contribution in [0.25, 0.3) is 5.65 Å². The van der Waals surface area contributed by atoms with Gasteiger partial charge in [-0.15, -0.1) is 0 Å². The molecule has 34 heavy (non-hydrogen) atoms. The van der Waals surface area contributed by atoms with Crippen LogP contribution in [0.15, 0.2) is 66.0 Å². The van der Waals surface area contributed by atoms with Crippen LogP contribution < -0.4 is 10.8 Å². The predicted octanol–water partition coefficient (Wildman–Crippen LogP) is 2.24. The number of aromatic nitrogens is 4. The Balaban J connectivity index is 1.45. The molecular formula is C23H22BFN6O2S. The quantitative estimate of drug-likeness (QED) is 0.430. The molecule has 0 spiro atoms. The Labute approximate surface area is 198 Å². The Morgan fingerprint density at radius 2 is 2.03 bits per heavy atom. The van der Waals surface area contributed by atoms with E-state index >= 15 is 0 Å². The zero-order valence-corrected chi connectivity index (χ0v) is 19.1. The van der Waals surface area contributed by atoms with E-state index in [0.29, 0.717) is 42.1 Å². The summed E-state index contributed by atoms with van der Waals surface area (Å²) in [4.78, 5) is 8.53. The van der Waals surface area contributed by atoms with Gasteiger partial charge in [-0.05, 0) is 42.1 Å². The third-order valence-electron chi connectivity index (χ3n) is 5.97. The number of anilines is 1. The van der Waals surface area contributed by atoms with E-state index in [0.717, 1.165) is 18.1 Å². The van der Waals surface area contributed by atoms with Crippen LogP contribution in [0.2, 0.25) is 0 Å². The van der Waals surface area contributed by atoms with Crippen molar-refractivity contribution in [2.75, 3.05) is 18.4 Å². The molecular weight excluding hydrogens is 454 g/mol. The van der Waals surface area contributed by atoms with Gasteiger partial charge >= 0.3 is 0 Å². The lowest BCUT2D eigenvalue weighted by atomic mass is 9.95. The lowest BCUT2D eigenvalue weighted by Crippen LogP contribution is -2.39. The number of hydrogen-bond donors (Lipinski definition) is 1. The van der Waals surface area contributed by atoms with Gasteiger partial charge in [-0.2, -0.15) is 13.9 Å². The number of rotatable bonds is 6. The molecule has 0 bridgehead atoms. The molecule has 0 aliphatic carbocycles. The van der Waals surface area contributed by atoms with Crippen molar-refractivity contribution < 1.29 is 12.8 Å². The summed E-state index contributed by atoms with van der Waals surface area (Å²) in [6.07, 6.45) is 6.42. The second-order valence-electron chi connectivity index (χ2n) is 8.25. The minimum absolute atomic E-state index is 0.173. The maximum Gasteiger partial charge on any atom is 0.246 e. The standard InChI is InChI=1S/C23H22BFN6O2S/c24-18-14-28-31-22(27-13-16-5-3-9-26-12-16)11-20(29-23(18)31)17-6-4-10-30(15-17)34(32,33)21-8-2-1-7-19(21)25/h1-3,5,7-9,11-12,14,17,27H,4,6,10,13,15H2. The molecule has 1 aliphatic heterocycles. The fourth-order valence-electron chi connectivity index (χ4n) is 4.22. The summed E-state index contributed by atoms with van der Waals surface area (Å²) in [5.74, 6) is -0.235.